The van der Waals surface area contributed by atoms with Crippen molar-refractivity contribution in [3.8, 4) is 5.75 Å². The average molecular weight is 448 g/mol. The number of aromatic nitrogens is 2. The van der Waals surface area contributed by atoms with Gasteiger partial charge >= 0.3 is 0 Å². The normalized spacial score (nSPS) is 11.9. The molecule has 27 heavy (non-hydrogen) atoms. The molecule has 0 saturated heterocycles. The maximum Gasteiger partial charge on any atom is 0.191 e. The zero-order valence-electron chi connectivity index (χ0n) is 14.4. The number of halogens is 1. The Bertz CT molecular complexity index is 1180. The lowest BCUT2D eigenvalue weighted by Gasteiger charge is -2.09. The monoisotopic (exact) mass is 447 g/mol. The second kappa shape index (κ2) is 7.63. The van der Waals surface area contributed by atoms with Gasteiger partial charge in [-0.1, -0.05) is 6.07 Å². The highest BCUT2D eigenvalue weighted by atomic mass is 79.9. The van der Waals surface area contributed by atoms with Crippen LogP contribution in [0.2, 0.25) is 0 Å². The Morgan fingerprint density at radius 3 is 2.85 bits per heavy atom. The van der Waals surface area contributed by atoms with E-state index in [4.69, 9.17) is 10.2 Å². The first-order valence-electron chi connectivity index (χ1n) is 8.60. The summed E-state index contributed by atoms with van der Waals surface area (Å²) >= 11 is 5.19. The number of aromatic hydroxyl groups is 1. The van der Waals surface area contributed by atoms with Gasteiger partial charge in [-0.3, -0.25) is 4.79 Å². The van der Waals surface area contributed by atoms with Crippen molar-refractivity contribution in [2.75, 3.05) is 24.7 Å². The van der Waals surface area contributed by atoms with Crippen molar-refractivity contribution in [2.45, 2.75) is 6.54 Å². The molecule has 8 heteroatoms. The first-order valence-corrected chi connectivity index (χ1v) is 10.5. The lowest BCUT2D eigenvalue weighted by Crippen LogP contribution is -2.17. The van der Waals surface area contributed by atoms with Crippen molar-refractivity contribution in [1.82, 2.24) is 14.9 Å². The molecule has 0 fully saturated rings. The molecule has 0 unspecified atom stereocenters. The Kier molecular flexibility index (Phi) is 5.23. The standard InChI is InChI=1S/C19H18BrN3O3S/c20-12-5-4-11-13(10-21-6-8-27-9-7-24)22-23-14-2-1-3-15(25)17(14)19(26)16(12)18(11)23/h1-5,21,24,26H,6-10H2. The van der Waals surface area contributed by atoms with E-state index < -0.39 is 0 Å². The first kappa shape index (κ1) is 18.5. The molecule has 3 N–H and O–H groups in total. The number of hydrogen-bond donors (Lipinski definition) is 3. The molecule has 4 aromatic rings. The van der Waals surface area contributed by atoms with E-state index in [0.29, 0.717) is 17.4 Å². The van der Waals surface area contributed by atoms with Gasteiger partial charge in [0.25, 0.3) is 0 Å². The quantitative estimate of drug-likeness (QED) is 0.298. The summed E-state index contributed by atoms with van der Waals surface area (Å²) in [6, 6.07) is 8.78. The van der Waals surface area contributed by atoms with Crippen molar-refractivity contribution >= 4 is 54.9 Å². The average Bonchev–Trinajstić information content (AvgIpc) is 3.02. The van der Waals surface area contributed by atoms with Crippen LogP contribution < -0.4 is 10.7 Å². The van der Waals surface area contributed by atoms with Crippen LogP contribution in [0.15, 0.2) is 39.6 Å². The lowest BCUT2D eigenvalue weighted by atomic mass is 10.1. The van der Waals surface area contributed by atoms with Gasteiger partial charge in [0, 0.05) is 34.5 Å². The van der Waals surface area contributed by atoms with Crippen LogP contribution in [0, 0.1) is 0 Å². The molecule has 0 radical (unpaired) electrons. The molecule has 0 aliphatic rings. The van der Waals surface area contributed by atoms with E-state index in [1.807, 2.05) is 12.1 Å². The molecule has 2 aromatic heterocycles. The van der Waals surface area contributed by atoms with Crippen molar-refractivity contribution in [1.29, 1.82) is 0 Å². The molecule has 0 aliphatic heterocycles. The molecule has 0 aliphatic carbocycles. The van der Waals surface area contributed by atoms with Crippen molar-refractivity contribution in [3.63, 3.8) is 0 Å². The Balaban J connectivity index is 1.82. The van der Waals surface area contributed by atoms with Crippen LogP contribution in [0.25, 0.3) is 27.2 Å². The predicted molar refractivity (Wildman–Crippen MR) is 113 cm³/mol. The van der Waals surface area contributed by atoms with Gasteiger partial charge in [-0.15, -0.1) is 0 Å². The Labute approximate surface area is 167 Å². The van der Waals surface area contributed by atoms with Crippen LogP contribution in [0.5, 0.6) is 5.75 Å². The van der Waals surface area contributed by atoms with Gasteiger partial charge in [0.05, 0.1) is 34.1 Å². The van der Waals surface area contributed by atoms with Crippen LogP contribution in [-0.4, -0.2) is 44.5 Å². The summed E-state index contributed by atoms with van der Waals surface area (Å²) in [4.78, 5) is 12.3. The molecule has 0 bridgehead atoms. The first-order chi connectivity index (χ1) is 13.1. The number of thioether (sulfide) groups is 1. The van der Waals surface area contributed by atoms with Crippen LogP contribution >= 0.6 is 27.7 Å². The smallest absolute Gasteiger partial charge is 0.191 e. The van der Waals surface area contributed by atoms with Crippen molar-refractivity contribution < 1.29 is 10.2 Å². The molecule has 2 heterocycles. The van der Waals surface area contributed by atoms with E-state index in [-0.39, 0.29) is 23.2 Å². The number of nitrogens with one attached hydrogen (secondary N) is 1. The minimum Gasteiger partial charge on any atom is -0.506 e. The lowest BCUT2D eigenvalue weighted by molar-refractivity contribution is 0.322. The van der Waals surface area contributed by atoms with Gasteiger partial charge in [0.15, 0.2) is 5.43 Å². The fraction of sp³-hybridized carbons (Fsp3) is 0.263. The van der Waals surface area contributed by atoms with Gasteiger partial charge in [-0.2, -0.15) is 16.9 Å². The molecular formula is C19H18BrN3O3S. The number of fused-ring (bicyclic) bond motifs is 2. The van der Waals surface area contributed by atoms with E-state index in [0.717, 1.165) is 39.1 Å². The van der Waals surface area contributed by atoms with E-state index in [9.17, 15) is 9.90 Å². The van der Waals surface area contributed by atoms with Gasteiger partial charge in [0.1, 0.15) is 5.75 Å². The van der Waals surface area contributed by atoms with Gasteiger partial charge in [-0.25, -0.2) is 4.52 Å². The minimum absolute atomic E-state index is 0.0135. The number of aliphatic hydroxyl groups excluding tert-OH is 1. The number of aliphatic hydroxyl groups is 1. The van der Waals surface area contributed by atoms with Gasteiger partial charge in [0.2, 0.25) is 0 Å². The molecule has 0 atom stereocenters. The van der Waals surface area contributed by atoms with E-state index in [1.54, 1.807) is 28.4 Å². The third-order valence-electron chi connectivity index (χ3n) is 4.53. The summed E-state index contributed by atoms with van der Waals surface area (Å²) in [5.41, 5.74) is 2.03. The van der Waals surface area contributed by atoms with E-state index >= 15 is 0 Å². The number of hydrogen-bond acceptors (Lipinski definition) is 6. The maximum absolute atomic E-state index is 12.3. The molecule has 0 saturated carbocycles. The zero-order valence-corrected chi connectivity index (χ0v) is 16.8. The molecule has 4 rings (SSSR count). The Hall–Kier alpha value is -1.87. The van der Waals surface area contributed by atoms with Crippen molar-refractivity contribution in [2.24, 2.45) is 0 Å². The summed E-state index contributed by atoms with van der Waals surface area (Å²) in [5.74, 6) is 1.63. The van der Waals surface area contributed by atoms with Crippen LogP contribution in [0.3, 0.4) is 0 Å². The topological polar surface area (TPSA) is 86.9 Å². The highest BCUT2D eigenvalue weighted by Crippen LogP contribution is 2.39. The second-order valence-corrected chi connectivity index (χ2v) is 8.27. The summed E-state index contributed by atoms with van der Waals surface area (Å²) in [5, 5.41) is 29.5. The third-order valence-corrected chi connectivity index (χ3v) is 6.15. The van der Waals surface area contributed by atoms with E-state index in [1.165, 1.54) is 6.07 Å². The van der Waals surface area contributed by atoms with Gasteiger partial charge in [-0.05, 0) is 40.2 Å². The molecule has 0 amide bonds. The minimum atomic E-state index is -0.226. The number of pyridine rings is 1. The second-order valence-electron chi connectivity index (χ2n) is 6.19. The fourth-order valence-corrected chi connectivity index (χ4v) is 4.48. The number of benzene rings is 2. The molecule has 140 valence electrons. The highest BCUT2D eigenvalue weighted by molar-refractivity contribution is 9.10. The third kappa shape index (κ3) is 3.16. The largest absolute Gasteiger partial charge is 0.506 e. The number of rotatable bonds is 7. The Morgan fingerprint density at radius 1 is 1.19 bits per heavy atom. The van der Waals surface area contributed by atoms with Crippen LogP contribution in [-0.2, 0) is 6.54 Å². The SMILES string of the molecule is O=c1cccc2c1c(O)c1c(Br)ccc3c(CNCCSCCO)nn2c31. The van der Waals surface area contributed by atoms with Gasteiger partial charge < -0.3 is 15.5 Å². The number of nitrogens with zero attached hydrogens (tertiary/aromatic N) is 2. The molecule has 2 aromatic carbocycles. The highest BCUT2D eigenvalue weighted by Gasteiger charge is 2.20. The van der Waals surface area contributed by atoms with E-state index in [2.05, 4.69) is 21.2 Å². The van der Waals surface area contributed by atoms with Crippen molar-refractivity contribution in [3.05, 3.63) is 50.7 Å². The predicted octanol–water partition coefficient (Wildman–Crippen LogP) is 2.72. The summed E-state index contributed by atoms with van der Waals surface area (Å²) in [6.45, 7) is 1.58. The zero-order chi connectivity index (χ0) is 19.0. The Morgan fingerprint density at radius 2 is 2.04 bits per heavy atom. The molecular weight excluding hydrogens is 430 g/mol. The van der Waals surface area contributed by atoms with Crippen LogP contribution in [0.1, 0.15) is 5.69 Å². The molecule has 6 nitrogen and oxygen atoms in total. The molecule has 0 spiro atoms. The summed E-state index contributed by atoms with van der Waals surface area (Å²) in [6.07, 6.45) is 0. The summed E-state index contributed by atoms with van der Waals surface area (Å²) in [7, 11) is 0. The fourth-order valence-electron chi connectivity index (χ4n) is 3.35. The maximum atomic E-state index is 12.3. The van der Waals surface area contributed by atoms with Crippen LogP contribution in [0.4, 0.5) is 0 Å². The summed E-state index contributed by atoms with van der Waals surface area (Å²) < 4.78 is 2.48.